The van der Waals surface area contributed by atoms with E-state index in [1.54, 1.807) is 6.20 Å². The van der Waals surface area contributed by atoms with E-state index in [9.17, 15) is 19.5 Å². The molecule has 1 aromatic carbocycles. The number of hydrogen-bond acceptors (Lipinski definition) is 4. The predicted molar refractivity (Wildman–Crippen MR) is 148 cm³/mol. The number of carboxylic acid groups (broad SMARTS) is 1. The number of nitrogens with zero attached hydrogens (tertiary/aromatic N) is 2. The second-order valence-corrected chi connectivity index (χ2v) is 11.0. The summed E-state index contributed by atoms with van der Waals surface area (Å²) in [6, 6.07) is 7.91. The minimum absolute atomic E-state index is 0.0315. The number of likely N-dealkylation sites (N-methyl/N-ethyl adjacent to an activating group) is 1. The van der Waals surface area contributed by atoms with Gasteiger partial charge in [-0.25, -0.2) is 4.79 Å². The number of benzene rings is 1. The summed E-state index contributed by atoms with van der Waals surface area (Å²) in [5.41, 5.74) is 3.60. The van der Waals surface area contributed by atoms with Crippen LogP contribution in [0.4, 0.5) is 0 Å². The average molecular weight is 508 g/mol. The molecule has 0 aliphatic carbocycles. The first-order valence-electron chi connectivity index (χ1n) is 13.2. The molecule has 2 aliphatic rings. The molecule has 3 heterocycles. The van der Waals surface area contributed by atoms with Crippen molar-refractivity contribution in [3.05, 3.63) is 67.9 Å². The van der Waals surface area contributed by atoms with Crippen LogP contribution in [-0.2, 0) is 11.2 Å². The first-order valence-corrected chi connectivity index (χ1v) is 13.2. The van der Waals surface area contributed by atoms with E-state index in [2.05, 4.69) is 77.0 Å². The summed E-state index contributed by atoms with van der Waals surface area (Å²) in [4.78, 5) is 36.8. The Bertz CT molecular complexity index is 1360. The summed E-state index contributed by atoms with van der Waals surface area (Å²) < 4.78 is 2.02. The van der Waals surface area contributed by atoms with Gasteiger partial charge in [-0.05, 0) is 42.4 Å². The van der Waals surface area contributed by atoms with Gasteiger partial charge in [0, 0.05) is 44.0 Å². The summed E-state index contributed by atoms with van der Waals surface area (Å²) in [5.74, 6) is -0.979. The second-order valence-electron chi connectivity index (χ2n) is 11.0. The van der Waals surface area contributed by atoms with Crippen LogP contribution in [0.5, 0.6) is 0 Å². The Morgan fingerprint density at radius 1 is 1.19 bits per heavy atom. The van der Waals surface area contributed by atoms with Gasteiger partial charge in [-0.15, -0.1) is 0 Å². The molecule has 0 bridgehead atoms. The summed E-state index contributed by atoms with van der Waals surface area (Å²) in [7, 11) is 2.07. The van der Waals surface area contributed by atoms with Gasteiger partial charge in [0.2, 0.25) is 5.91 Å². The molecule has 1 amide bonds. The summed E-state index contributed by atoms with van der Waals surface area (Å²) in [6.45, 7) is 14.6. The third-order valence-corrected chi connectivity index (χ3v) is 7.36. The van der Waals surface area contributed by atoms with Crippen LogP contribution < -0.4 is 21.2 Å². The summed E-state index contributed by atoms with van der Waals surface area (Å²) in [5, 5.41) is 14.6. The molecule has 0 saturated carbocycles. The third-order valence-electron chi connectivity index (χ3n) is 7.36. The van der Waals surface area contributed by atoms with E-state index in [0.29, 0.717) is 0 Å². The molecule has 1 aromatic heterocycles. The van der Waals surface area contributed by atoms with Crippen molar-refractivity contribution < 1.29 is 14.7 Å². The molecular weight excluding hydrogens is 466 g/mol. The zero-order valence-electron chi connectivity index (χ0n) is 23.3. The van der Waals surface area contributed by atoms with Crippen molar-refractivity contribution in [3.8, 4) is 0 Å². The number of carboxylic acids is 1. The number of nitrogens with one attached hydrogen (secondary N) is 1. The lowest BCUT2D eigenvalue weighted by molar-refractivity contribution is -0.119. The van der Waals surface area contributed by atoms with E-state index in [1.807, 2.05) is 4.57 Å². The van der Waals surface area contributed by atoms with Crippen molar-refractivity contribution in [2.75, 3.05) is 20.1 Å². The number of rotatable bonds is 3. The zero-order valence-corrected chi connectivity index (χ0v) is 23.3. The van der Waals surface area contributed by atoms with Gasteiger partial charge < -0.3 is 19.9 Å². The highest BCUT2D eigenvalue weighted by atomic mass is 16.4. The monoisotopic (exact) mass is 507 g/mol. The molecule has 1 fully saturated rings. The van der Waals surface area contributed by atoms with E-state index in [4.69, 9.17) is 0 Å². The Morgan fingerprint density at radius 2 is 1.89 bits per heavy atom. The molecule has 7 nitrogen and oxygen atoms in total. The first-order chi connectivity index (χ1) is 17.4. The average Bonchev–Trinajstić information content (AvgIpc) is 3.32. The molecule has 0 spiro atoms. The van der Waals surface area contributed by atoms with Crippen molar-refractivity contribution in [2.24, 2.45) is 5.41 Å². The molecule has 0 radical (unpaired) electrons. The first kappa shape index (κ1) is 28.2. The number of pyridine rings is 1. The Kier molecular flexibility index (Phi) is 8.67. The Balaban J connectivity index is 0.000000555. The largest absolute Gasteiger partial charge is 0.477 e. The zero-order chi connectivity index (χ0) is 27.5. The van der Waals surface area contributed by atoms with E-state index in [0.717, 1.165) is 55.4 Å². The highest BCUT2D eigenvalue weighted by Crippen LogP contribution is 2.37. The number of aromatic carboxylic acids is 1. The number of hydrogen-bond donors (Lipinski definition) is 2. The van der Waals surface area contributed by atoms with Gasteiger partial charge in [0.25, 0.3) is 0 Å². The van der Waals surface area contributed by atoms with Crippen molar-refractivity contribution in [2.45, 2.75) is 73.3 Å². The molecule has 1 atom stereocenters. The quantitative estimate of drug-likeness (QED) is 0.665. The van der Waals surface area contributed by atoms with Gasteiger partial charge >= 0.3 is 5.97 Å². The summed E-state index contributed by atoms with van der Waals surface area (Å²) >= 11 is 0. The lowest BCUT2D eigenvalue weighted by Gasteiger charge is -2.43. The number of aromatic nitrogens is 1. The standard InChI is InChI=1S/C26H34N2O3.C4H7NO/c1-8-16(3)23-17(9-2)11-10-12-18(23)24-20-13-21(29)19(25(30)31)14-28(20)22(15-27(24)7)26(4,5)6;6-4-2-1-3-5-4/h10-14,22H,8-9,15H2,1-7H3,(H,30,31);1-3H2,(H,5,6)/b23-16?,24-18-;/t22-;/m1./s1. The Morgan fingerprint density at radius 3 is 2.38 bits per heavy atom. The SMILES string of the molecule is CCC(C)=c1c(CC)ccc/c1=C1\c2cc(=O)c(C(=O)O)cn2[C@@H](C(C)(C)C)CN1C.O=C1CCCN1. The minimum Gasteiger partial charge on any atom is -0.477 e. The predicted octanol–water partition coefficient (Wildman–Crippen LogP) is 3.28. The van der Waals surface area contributed by atoms with Crippen molar-refractivity contribution in [1.29, 1.82) is 0 Å². The lowest BCUT2D eigenvalue weighted by atomic mass is 9.84. The second kappa shape index (κ2) is 11.4. The van der Waals surface area contributed by atoms with Gasteiger partial charge in [-0.1, -0.05) is 58.4 Å². The topological polar surface area (TPSA) is 91.6 Å². The van der Waals surface area contributed by atoms with Crippen LogP contribution in [0.25, 0.3) is 11.3 Å². The van der Waals surface area contributed by atoms with Gasteiger partial charge in [-0.2, -0.15) is 0 Å². The fourth-order valence-electron chi connectivity index (χ4n) is 5.16. The summed E-state index contributed by atoms with van der Waals surface area (Å²) in [6.07, 6.45) is 5.17. The molecule has 2 N–H and O–H groups in total. The third kappa shape index (κ3) is 5.97. The van der Waals surface area contributed by atoms with Crippen molar-refractivity contribution in [3.63, 3.8) is 0 Å². The van der Waals surface area contributed by atoms with E-state index in [-0.39, 0.29) is 22.9 Å². The molecule has 37 heavy (non-hydrogen) atoms. The van der Waals surface area contributed by atoms with Crippen LogP contribution in [0, 0.1) is 5.41 Å². The fourth-order valence-corrected chi connectivity index (χ4v) is 5.16. The van der Waals surface area contributed by atoms with Crippen LogP contribution >= 0.6 is 0 Å². The molecule has 7 heteroatoms. The highest BCUT2D eigenvalue weighted by molar-refractivity contribution is 5.87. The molecule has 200 valence electrons. The fraction of sp³-hybridized carbons (Fsp3) is 0.500. The maximum atomic E-state index is 12.7. The Hall–Kier alpha value is -3.35. The van der Waals surface area contributed by atoms with Crippen molar-refractivity contribution in [1.82, 2.24) is 14.8 Å². The molecule has 0 unspecified atom stereocenters. The number of amides is 1. The van der Waals surface area contributed by atoms with Gasteiger partial charge in [0.1, 0.15) is 5.56 Å². The van der Waals surface area contributed by atoms with E-state index < -0.39 is 11.4 Å². The molecular formula is C30H41N3O4. The maximum Gasteiger partial charge on any atom is 0.341 e. The number of aryl methyl sites for hydroxylation is 1. The van der Waals surface area contributed by atoms with Crippen LogP contribution in [0.15, 0.2) is 35.3 Å². The lowest BCUT2D eigenvalue weighted by Crippen LogP contribution is -2.46. The normalized spacial score (nSPS) is 19.5. The Labute approximate surface area is 219 Å². The van der Waals surface area contributed by atoms with Crippen LogP contribution in [-0.4, -0.2) is 46.6 Å². The number of fused-ring (bicyclic) bond motifs is 1. The smallest absolute Gasteiger partial charge is 0.341 e. The number of carbonyl (C=O) groups is 2. The van der Waals surface area contributed by atoms with Crippen LogP contribution in [0.3, 0.4) is 0 Å². The molecule has 1 saturated heterocycles. The minimum atomic E-state index is -1.18. The highest BCUT2D eigenvalue weighted by Gasteiger charge is 2.35. The molecule has 4 rings (SSSR count). The van der Waals surface area contributed by atoms with Crippen molar-refractivity contribution >= 4 is 23.1 Å². The van der Waals surface area contributed by atoms with E-state index >= 15 is 0 Å². The van der Waals surface area contributed by atoms with Crippen LogP contribution in [0.1, 0.15) is 88.5 Å². The molecule has 2 aromatic rings. The number of carbonyl (C=O) groups excluding carboxylic acids is 1. The van der Waals surface area contributed by atoms with Gasteiger partial charge in [0.05, 0.1) is 17.4 Å². The van der Waals surface area contributed by atoms with Crippen LogP contribution in [0.2, 0.25) is 0 Å². The van der Waals surface area contributed by atoms with Gasteiger partial charge in [0.15, 0.2) is 5.43 Å². The maximum absolute atomic E-state index is 12.7. The van der Waals surface area contributed by atoms with E-state index in [1.165, 1.54) is 22.4 Å². The molecule has 2 aliphatic heterocycles. The van der Waals surface area contributed by atoms with Gasteiger partial charge in [-0.3, -0.25) is 9.59 Å².